The Morgan fingerprint density at radius 1 is 1.56 bits per heavy atom. The lowest BCUT2D eigenvalue weighted by Gasteiger charge is -2.28. The van der Waals surface area contributed by atoms with Crippen LogP contribution in [0.25, 0.3) is 0 Å². The van der Waals surface area contributed by atoms with Gasteiger partial charge in [0.2, 0.25) is 5.91 Å². The normalized spacial score (nSPS) is 21.3. The maximum Gasteiger partial charge on any atom is 0.237 e. The molecule has 1 aromatic heterocycles. The van der Waals surface area contributed by atoms with Gasteiger partial charge in [-0.3, -0.25) is 9.78 Å². The van der Waals surface area contributed by atoms with Crippen LogP contribution in [-0.4, -0.2) is 27.2 Å². The first kappa shape index (κ1) is 13.5. The number of hydrogen-bond acceptors (Lipinski definition) is 2. The topological polar surface area (TPSA) is 33.2 Å². The zero-order valence-corrected chi connectivity index (χ0v) is 12.4. The van der Waals surface area contributed by atoms with E-state index in [1.165, 1.54) is 0 Å². The summed E-state index contributed by atoms with van der Waals surface area (Å²) in [5, 5.41) is 0. The fraction of sp³-hybridized carbons (Fsp3) is 0.571. The van der Waals surface area contributed by atoms with Gasteiger partial charge in [-0.2, -0.15) is 0 Å². The van der Waals surface area contributed by atoms with E-state index in [2.05, 4.69) is 40.8 Å². The molecule has 0 aromatic carbocycles. The minimum absolute atomic E-state index is 0.0882. The molecular weight excluding hydrogens is 292 g/mol. The van der Waals surface area contributed by atoms with Crippen molar-refractivity contribution in [2.24, 2.45) is 5.92 Å². The lowest BCUT2D eigenvalue weighted by atomic mass is 10.1. The molecule has 0 spiro atoms. The van der Waals surface area contributed by atoms with Gasteiger partial charge < -0.3 is 4.90 Å². The Bertz CT molecular complexity index is 408. The van der Waals surface area contributed by atoms with Crippen LogP contribution in [0.2, 0.25) is 0 Å². The van der Waals surface area contributed by atoms with Gasteiger partial charge in [0.25, 0.3) is 0 Å². The van der Waals surface area contributed by atoms with Crippen molar-refractivity contribution in [3.63, 3.8) is 0 Å². The van der Waals surface area contributed by atoms with Gasteiger partial charge in [-0.05, 0) is 30.4 Å². The molecular formula is C14H19BrN2O. The Balaban J connectivity index is 2.15. The zero-order valence-electron chi connectivity index (χ0n) is 10.8. The number of rotatable bonds is 3. The standard InChI is InChI=1S/C14H19BrN2O/c1-10(2)13(15)14(18)17-8-4-6-12(17)11-5-3-7-16-9-11/h3,5,7,9-10,12-13H,4,6,8H2,1-2H3. The van der Waals surface area contributed by atoms with Crippen LogP contribution in [0.5, 0.6) is 0 Å². The Morgan fingerprint density at radius 2 is 2.33 bits per heavy atom. The zero-order chi connectivity index (χ0) is 13.1. The third-order valence-corrected chi connectivity index (χ3v) is 4.88. The second kappa shape index (κ2) is 5.83. The van der Waals surface area contributed by atoms with Crippen LogP contribution in [0.4, 0.5) is 0 Å². The molecule has 2 rings (SSSR count). The van der Waals surface area contributed by atoms with Gasteiger partial charge in [0.15, 0.2) is 0 Å². The largest absolute Gasteiger partial charge is 0.335 e. The van der Waals surface area contributed by atoms with Gasteiger partial charge in [-0.1, -0.05) is 35.8 Å². The average molecular weight is 311 g/mol. The molecule has 1 aromatic rings. The minimum atomic E-state index is -0.0882. The molecule has 1 fully saturated rings. The highest BCUT2D eigenvalue weighted by Gasteiger charge is 2.33. The van der Waals surface area contributed by atoms with Crippen molar-refractivity contribution in [3.05, 3.63) is 30.1 Å². The third kappa shape index (κ3) is 2.74. The van der Waals surface area contributed by atoms with Crippen LogP contribution in [0.15, 0.2) is 24.5 Å². The molecule has 1 aliphatic heterocycles. The van der Waals surface area contributed by atoms with Crippen molar-refractivity contribution in [2.75, 3.05) is 6.54 Å². The molecule has 1 saturated heterocycles. The van der Waals surface area contributed by atoms with Gasteiger partial charge in [0.1, 0.15) is 0 Å². The van der Waals surface area contributed by atoms with E-state index in [-0.39, 0.29) is 16.8 Å². The summed E-state index contributed by atoms with van der Waals surface area (Å²) in [6.07, 6.45) is 5.75. The molecule has 0 radical (unpaired) electrons. The number of carbonyl (C=O) groups is 1. The van der Waals surface area contributed by atoms with Crippen molar-refractivity contribution >= 4 is 21.8 Å². The summed E-state index contributed by atoms with van der Waals surface area (Å²) in [6, 6.07) is 4.19. The number of hydrogen-bond donors (Lipinski definition) is 0. The molecule has 18 heavy (non-hydrogen) atoms. The second-order valence-corrected chi connectivity index (χ2v) is 6.11. The summed E-state index contributed by atoms with van der Waals surface area (Å²) >= 11 is 3.51. The van der Waals surface area contributed by atoms with E-state index >= 15 is 0 Å². The second-order valence-electron chi connectivity index (χ2n) is 5.12. The average Bonchev–Trinajstić information content (AvgIpc) is 2.87. The van der Waals surface area contributed by atoms with Crippen molar-refractivity contribution in [3.8, 4) is 0 Å². The Kier molecular flexibility index (Phi) is 4.38. The number of pyridine rings is 1. The summed E-state index contributed by atoms with van der Waals surface area (Å²) in [7, 11) is 0. The third-order valence-electron chi connectivity index (χ3n) is 3.43. The molecule has 1 aliphatic rings. The number of carbonyl (C=O) groups excluding carboxylic acids is 1. The fourth-order valence-electron chi connectivity index (χ4n) is 2.39. The fourth-order valence-corrected chi connectivity index (χ4v) is 2.66. The SMILES string of the molecule is CC(C)C(Br)C(=O)N1CCCC1c1cccnc1. The highest BCUT2D eigenvalue weighted by molar-refractivity contribution is 9.10. The number of alkyl halides is 1. The van der Waals surface area contributed by atoms with E-state index in [1.54, 1.807) is 6.20 Å². The lowest BCUT2D eigenvalue weighted by molar-refractivity contribution is -0.132. The van der Waals surface area contributed by atoms with E-state index < -0.39 is 0 Å². The van der Waals surface area contributed by atoms with E-state index in [4.69, 9.17) is 0 Å². The molecule has 0 N–H and O–H groups in total. The summed E-state index contributed by atoms with van der Waals surface area (Å²) in [5.74, 6) is 0.518. The summed E-state index contributed by atoms with van der Waals surface area (Å²) in [5.41, 5.74) is 1.15. The molecule has 0 bridgehead atoms. The molecule has 98 valence electrons. The van der Waals surface area contributed by atoms with Gasteiger partial charge in [0.05, 0.1) is 10.9 Å². The summed E-state index contributed by atoms with van der Waals surface area (Å²) < 4.78 is 0. The molecule has 0 aliphatic carbocycles. The van der Waals surface area contributed by atoms with Gasteiger partial charge in [0, 0.05) is 18.9 Å². The molecule has 1 amide bonds. The smallest absolute Gasteiger partial charge is 0.237 e. The Labute approximate surface area is 117 Å². The van der Waals surface area contributed by atoms with E-state index in [9.17, 15) is 4.79 Å². The van der Waals surface area contributed by atoms with E-state index in [1.807, 2.05) is 17.2 Å². The number of likely N-dealkylation sites (tertiary alicyclic amines) is 1. The summed E-state index contributed by atoms with van der Waals surface area (Å²) in [4.78, 5) is 18.5. The van der Waals surface area contributed by atoms with Crippen LogP contribution in [0, 0.1) is 5.92 Å². The first-order chi connectivity index (χ1) is 8.61. The maximum absolute atomic E-state index is 12.4. The van der Waals surface area contributed by atoms with Crippen molar-refractivity contribution in [1.29, 1.82) is 0 Å². The first-order valence-electron chi connectivity index (χ1n) is 6.45. The number of amides is 1. The first-order valence-corrected chi connectivity index (χ1v) is 7.37. The van der Waals surface area contributed by atoms with E-state index in [0.717, 1.165) is 24.9 Å². The summed E-state index contributed by atoms with van der Waals surface area (Å²) in [6.45, 7) is 4.98. The quantitative estimate of drug-likeness (QED) is 0.803. The molecule has 3 nitrogen and oxygen atoms in total. The molecule has 2 unspecified atom stereocenters. The predicted octanol–water partition coefficient (Wildman–Crippen LogP) is 3.16. The molecule has 4 heteroatoms. The predicted molar refractivity (Wildman–Crippen MR) is 75.5 cm³/mol. The van der Waals surface area contributed by atoms with Crippen molar-refractivity contribution < 1.29 is 4.79 Å². The lowest BCUT2D eigenvalue weighted by Crippen LogP contribution is -2.38. The van der Waals surface area contributed by atoms with Gasteiger partial charge in [-0.25, -0.2) is 0 Å². The van der Waals surface area contributed by atoms with Crippen LogP contribution in [0.3, 0.4) is 0 Å². The number of aromatic nitrogens is 1. The van der Waals surface area contributed by atoms with Crippen molar-refractivity contribution in [2.45, 2.75) is 37.6 Å². The highest BCUT2D eigenvalue weighted by Crippen LogP contribution is 2.33. The maximum atomic E-state index is 12.4. The Morgan fingerprint density at radius 3 is 2.94 bits per heavy atom. The molecule has 2 heterocycles. The number of halogens is 1. The van der Waals surface area contributed by atoms with Crippen LogP contribution in [0.1, 0.15) is 38.3 Å². The Hall–Kier alpha value is -0.900. The van der Waals surface area contributed by atoms with Crippen LogP contribution >= 0.6 is 15.9 Å². The molecule has 0 saturated carbocycles. The number of nitrogens with zero attached hydrogens (tertiary/aromatic N) is 2. The van der Waals surface area contributed by atoms with E-state index in [0.29, 0.717) is 5.92 Å². The van der Waals surface area contributed by atoms with Crippen molar-refractivity contribution in [1.82, 2.24) is 9.88 Å². The monoisotopic (exact) mass is 310 g/mol. The van der Waals surface area contributed by atoms with Gasteiger partial charge >= 0.3 is 0 Å². The highest BCUT2D eigenvalue weighted by atomic mass is 79.9. The minimum Gasteiger partial charge on any atom is -0.335 e. The van der Waals surface area contributed by atoms with Crippen LogP contribution in [-0.2, 0) is 4.79 Å². The van der Waals surface area contributed by atoms with Gasteiger partial charge in [-0.15, -0.1) is 0 Å². The molecule has 2 atom stereocenters. The van der Waals surface area contributed by atoms with Crippen LogP contribution < -0.4 is 0 Å².